The maximum Gasteiger partial charge on any atom is 0.185 e. The molecule has 1 saturated carbocycles. The van der Waals surface area contributed by atoms with Crippen LogP contribution in [-0.2, 0) is 6.42 Å². The summed E-state index contributed by atoms with van der Waals surface area (Å²) in [6, 6.07) is 1.17. The number of thiazole rings is 1. The number of nitrogens with one attached hydrogen (secondary N) is 1. The molecule has 0 radical (unpaired) electrons. The third-order valence-electron chi connectivity index (χ3n) is 5.05. The van der Waals surface area contributed by atoms with E-state index in [1.165, 1.54) is 60.6 Å². The summed E-state index contributed by atoms with van der Waals surface area (Å²) in [7, 11) is 4.31. The zero-order valence-corrected chi connectivity index (χ0v) is 13.8. The first-order valence-corrected chi connectivity index (χ1v) is 8.90. The summed E-state index contributed by atoms with van der Waals surface area (Å²) in [5.41, 5.74) is 1.33. The number of nitrogens with zero attached hydrogens (tertiary/aromatic N) is 2. The zero-order valence-electron chi connectivity index (χ0n) is 13.0. The van der Waals surface area contributed by atoms with E-state index in [-0.39, 0.29) is 0 Å². The van der Waals surface area contributed by atoms with Gasteiger partial charge in [-0.3, -0.25) is 0 Å². The highest BCUT2D eigenvalue weighted by atomic mass is 32.1. The van der Waals surface area contributed by atoms with E-state index in [1.807, 2.05) is 11.3 Å². The molecule has 1 heterocycles. The van der Waals surface area contributed by atoms with Gasteiger partial charge in [0.2, 0.25) is 0 Å². The van der Waals surface area contributed by atoms with Crippen molar-refractivity contribution in [2.24, 2.45) is 5.92 Å². The van der Waals surface area contributed by atoms with E-state index in [9.17, 15) is 0 Å². The molecule has 0 aromatic carbocycles. The lowest BCUT2D eigenvalue weighted by Gasteiger charge is -2.34. The van der Waals surface area contributed by atoms with Gasteiger partial charge in [-0.1, -0.05) is 19.8 Å². The molecule has 0 bridgehead atoms. The molecule has 0 aliphatic heterocycles. The van der Waals surface area contributed by atoms with Gasteiger partial charge in [-0.25, -0.2) is 4.98 Å². The highest BCUT2D eigenvalue weighted by molar-refractivity contribution is 7.15. The molecule has 1 fully saturated rings. The Morgan fingerprint density at radius 2 is 2.10 bits per heavy atom. The van der Waals surface area contributed by atoms with Crippen molar-refractivity contribution in [2.45, 2.75) is 64.0 Å². The van der Waals surface area contributed by atoms with Gasteiger partial charge in [0, 0.05) is 18.0 Å². The van der Waals surface area contributed by atoms with Crippen LogP contribution in [0.3, 0.4) is 0 Å². The highest BCUT2D eigenvalue weighted by Gasteiger charge is 2.28. The predicted octanol–water partition coefficient (Wildman–Crippen LogP) is 3.75. The fourth-order valence-corrected chi connectivity index (χ4v) is 4.94. The van der Waals surface area contributed by atoms with Crippen LogP contribution in [0.4, 0.5) is 5.13 Å². The molecule has 1 aromatic rings. The highest BCUT2D eigenvalue weighted by Crippen LogP contribution is 2.38. The summed E-state index contributed by atoms with van der Waals surface area (Å²) in [4.78, 5) is 8.96. The Morgan fingerprint density at radius 1 is 1.25 bits per heavy atom. The summed E-state index contributed by atoms with van der Waals surface area (Å²) < 4.78 is 0. The lowest BCUT2D eigenvalue weighted by molar-refractivity contribution is 0.336. The van der Waals surface area contributed by atoms with Crippen LogP contribution >= 0.6 is 11.3 Å². The Kier molecular flexibility index (Phi) is 4.32. The fourth-order valence-electron chi connectivity index (χ4n) is 3.75. The predicted molar refractivity (Wildman–Crippen MR) is 86.7 cm³/mol. The van der Waals surface area contributed by atoms with Gasteiger partial charge in [-0.15, -0.1) is 11.3 Å². The summed E-state index contributed by atoms with van der Waals surface area (Å²) in [6.45, 7) is 2.39. The van der Waals surface area contributed by atoms with Crippen molar-refractivity contribution < 1.29 is 0 Å². The summed E-state index contributed by atoms with van der Waals surface area (Å²) >= 11 is 1.93. The number of aryl methyl sites for hydroxylation is 1. The van der Waals surface area contributed by atoms with Gasteiger partial charge in [0.25, 0.3) is 0 Å². The molecule has 1 aromatic heterocycles. The van der Waals surface area contributed by atoms with E-state index in [2.05, 4.69) is 31.2 Å². The number of fused-ring (bicyclic) bond motifs is 1. The first kappa shape index (κ1) is 14.3. The van der Waals surface area contributed by atoms with Crippen molar-refractivity contribution >= 4 is 16.5 Å². The second-order valence-corrected chi connectivity index (χ2v) is 7.64. The van der Waals surface area contributed by atoms with Crippen molar-refractivity contribution in [3.05, 3.63) is 10.6 Å². The van der Waals surface area contributed by atoms with E-state index in [4.69, 9.17) is 4.98 Å². The number of rotatable bonds is 3. The Bertz CT molecular complexity index is 457. The molecule has 4 heteroatoms. The number of hydrogen-bond donors (Lipinski definition) is 1. The molecule has 112 valence electrons. The van der Waals surface area contributed by atoms with Crippen LogP contribution in [0.5, 0.6) is 0 Å². The van der Waals surface area contributed by atoms with Crippen LogP contribution in [-0.4, -0.2) is 25.1 Å². The Labute approximate surface area is 126 Å². The Balaban J connectivity index is 1.78. The number of hydrogen-bond acceptors (Lipinski definition) is 4. The Hall–Kier alpha value is -0.610. The summed E-state index contributed by atoms with van der Waals surface area (Å²) in [5, 5.41) is 4.67. The molecule has 20 heavy (non-hydrogen) atoms. The van der Waals surface area contributed by atoms with Crippen molar-refractivity contribution in [1.82, 2.24) is 10.3 Å². The van der Waals surface area contributed by atoms with E-state index in [1.54, 1.807) is 0 Å². The minimum absolute atomic E-state index is 0.474. The first-order chi connectivity index (χ1) is 9.69. The fraction of sp³-hybridized carbons (Fsp3) is 0.812. The third-order valence-corrected chi connectivity index (χ3v) is 6.27. The second kappa shape index (κ2) is 6.02. The molecule has 3 unspecified atom stereocenters. The van der Waals surface area contributed by atoms with Gasteiger partial charge >= 0.3 is 0 Å². The SMILES string of the molecule is CNC1CCCc2sc(N(C)C3CCCC(C)C3)nc21. The maximum absolute atomic E-state index is 4.99. The van der Waals surface area contributed by atoms with Crippen LogP contribution in [0.2, 0.25) is 0 Å². The molecule has 2 aliphatic rings. The summed E-state index contributed by atoms with van der Waals surface area (Å²) in [5.74, 6) is 0.871. The maximum atomic E-state index is 4.99. The Morgan fingerprint density at radius 3 is 2.85 bits per heavy atom. The van der Waals surface area contributed by atoms with E-state index in [0.717, 1.165) is 5.92 Å². The van der Waals surface area contributed by atoms with Gasteiger partial charge in [0.1, 0.15) is 0 Å². The average molecular weight is 293 g/mol. The number of anilines is 1. The van der Waals surface area contributed by atoms with Crippen LogP contribution in [0.1, 0.15) is 62.1 Å². The quantitative estimate of drug-likeness (QED) is 0.920. The lowest BCUT2D eigenvalue weighted by Crippen LogP contribution is -2.35. The van der Waals surface area contributed by atoms with Crippen molar-refractivity contribution in [3.8, 4) is 0 Å². The molecular formula is C16H27N3S. The lowest BCUT2D eigenvalue weighted by atomic mass is 9.86. The normalized spacial score (nSPS) is 30.1. The molecule has 0 amide bonds. The van der Waals surface area contributed by atoms with Gasteiger partial charge < -0.3 is 10.2 Å². The van der Waals surface area contributed by atoms with Gasteiger partial charge in [0.05, 0.1) is 11.7 Å². The minimum Gasteiger partial charge on any atom is -0.348 e. The van der Waals surface area contributed by atoms with Gasteiger partial charge in [0.15, 0.2) is 5.13 Å². The molecular weight excluding hydrogens is 266 g/mol. The molecule has 3 atom stereocenters. The molecule has 3 nitrogen and oxygen atoms in total. The molecule has 2 aliphatic carbocycles. The largest absolute Gasteiger partial charge is 0.348 e. The smallest absolute Gasteiger partial charge is 0.185 e. The van der Waals surface area contributed by atoms with Crippen molar-refractivity contribution in [2.75, 3.05) is 19.0 Å². The average Bonchev–Trinajstić information content (AvgIpc) is 2.90. The van der Waals surface area contributed by atoms with Crippen molar-refractivity contribution in [1.29, 1.82) is 0 Å². The van der Waals surface area contributed by atoms with Crippen LogP contribution < -0.4 is 10.2 Å². The molecule has 3 rings (SSSR count). The third kappa shape index (κ3) is 2.73. The van der Waals surface area contributed by atoms with Crippen LogP contribution in [0, 0.1) is 5.92 Å². The summed E-state index contributed by atoms with van der Waals surface area (Å²) in [6.07, 6.45) is 9.19. The van der Waals surface area contributed by atoms with Crippen molar-refractivity contribution in [3.63, 3.8) is 0 Å². The minimum atomic E-state index is 0.474. The topological polar surface area (TPSA) is 28.2 Å². The monoisotopic (exact) mass is 293 g/mol. The van der Waals surface area contributed by atoms with Crippen LogP contribution in [0.15, 0.2) is 0 Å². The molecule has 1 N–H and O–H groups in total. The second-order valence-electron chi connectivity index (χ2n) is 6.57. The molecule has 0 spiro atoms. The zero-order chi connectivity index (χ0) is 14.1. The first-order valence-electron chi connectivity index (χ1n) is 8.08. The van der Waals surface area contributed by atoms with E-state index in [0.29, 0.717) is 12.1 Å². The van der Waals surface area contributed by atoms with Gasteiger partial charge in [-0.2, -0.15) is 0 Å². The van der Waals surface area contributed by atoms with E-state index < -0.39 is 0 Å². The van der Waals surface area contributed by atoms with Crippen LogP contribution in [0.25, 0.3) is 0 Å². The molecule has 0 saturated heterocycles. The van der Waals surface area contributed by atoms with Gasteiger partial charge in [-0.05, 0) is 45.1 Å². The standard InChI is InChI=1S/C16H27N3S/c1-11-6-4-7-12(10-11)19(3)16-18-15-13(17-2)8-5-9-14(15)20-16/h11-13,17H,4-10H2,1-3H3. The number of aromatic nitrogens is 1. The van der Waals surface area contributed by atoms with E-state index >= 15 is 0 Å².